The van der Waals surface area contributed by atoms with Gasteiger partial charge in [-0.2, -0.15) is 0 Å². The maximum absolute atomic E-state index is 12.6. The summed E-state index contributed by atoms with van der Waals surface area (Å²) in [5.41, 5.74) is 0.699. The molecule has 0 spiro atoms. The quantitative estimate of drug-likeness (QED) is 0.528. The van der Waals surface area contributed by atoms with E-state index in [1.54, 1.807) is 38.2 Å². The van der Waals surface area contributed by atoms with E-state index in [-0.39, 0.29) is 17.6 Å². The highest BCUT2D eigenvalue weighted by atomic mass is 79.9. The summed E-state index contributed by atoms with van der Waals surface area (Å²) in [6.07, 6.45) is -0.674. The number of carbonyl (C=O) groups is 1. The number of nitro groups is 1. The number of hydrogen-bond donors (Lipinski definition) is 0. The van der Waals surface area contributed by atoms with Crippen LogP contribution in [0.3, 0.4) is 0 Å². The molecular formula is C18H19BrN2O4. The van der Waals surface area contributed by atoms with E-state index in [1.165, 1.54) is 17.0 Å². The Hall–Kier alpha value is -2.41. The molecule has 0 N–H and O–H groups in total. The molecule has 25 heavy (non-hydrogen) atoms. The smallest absolute Gasteiger partial charge is 0.269 e. The van der Waals surface area contributed by atoms with Crippen LogP contribution in [0.2, 0.25) is 0 Å². The summed E-state index contributed by atoms with van der Waals surface area (Å²) in [5.74, 6) is 0.391. The van der Waals surface area contributed by atoms with Crippen LogP contribution in [0, 0.1) is 10.1 Å². The van der Waals surface area contributed by atoms with Crippen LogP contribution in [0.15, 0.2) is 53.0 Å². The molecule has 2 unspecified atom stereocenters. The first-order valence-electron chi connectivity index (χ1n) is 7.73. The lowest BCUT2D eigenvalue weighted by Gasteiger charge is -2.28. The maximum Gasteiger partial charge on any atom is 0.269 e. The Bertz CT molecular complexity index is 764. The Kier molecular flexibility index (Phi) is 6.14. The first-order valence-corrected chi connectivity index (χ1v) is 8.52. The van der Waals surface area contributed by atoms with Gasteiger partial charge in [0.1, 0.15) is 5.75 Å². The Morgan fingerprint density at radius 3 is 2.44 bits per heavy atom. The van der Waals surface area contributed by atoms with E-state index in [4.69, 9.17) is 4.74 Å². The van der Waals surface area contributed by atoms with Crippen LogP contribution < -0.4 is 4.74 Å². The SMILES string of the molecule is CC(Oc1ccc(Br)cc1)C(=O)N(C)C(C)c1cccc([N+](=O)[O-])c1. The number of benzene rings is 2. The molecule has 0 saturated carbocycles. The highest BCUT2D eigenvalue weighted by Gasteiger charge is 2.24. The van der Waals surface area contributed by atoms with Gasteiger partial charge in [0.05, 0.1) is 11.0 Å². The zero-order valence-corrected chi connectivity index (χ0v) is 15.8. The van der Waals surface area contributed by atoms with E-state index >= 15 is 0 Å². The molecular weight excluding hydrogens is 388 g/mol. The van der Waals surface area contributed by atoms with Crippen LogP contribution >= 0.6 is 15.9 Å². The molecule has 6 nitrogen and oxygen atoms in total. The van der Waals surface area contributed by atoms with Gasteiger partial charge in [-0.05, 0) is 43.7 Å². The number of rotatable bonds is 6. The van der Waals surface area contributed by atoms with Gasteiger partial charge in [-0.3, -0.25) is 14.9 Å². The standard InChI is InChI=1S/C18H19BrN2O4/c1-12(14-5-4-6-16(11-14)21(23)24)20(3)18(22)13(2)25-17-9-7-15(19)8-10-17/h4-13H,1-3H3. The Balaban J connectivity index is 2.08. The molecule has 0 fully saturated rings. The molecule has 1 amide bonds. The van der Waals surface area contributed by atoms with Crippen molar-refractivity contribution in [3.63, 3.8) is 0 Å². The summed E-state index contributed by atoms with van der Waals surface area (Å²) < 4.78 is 6.61. The monoisotopic (exact) mass is 406 g/mol. The number of likely N-dealkylation sites (N-methyl/N-ethyl adjacent to an activating group) is 1. The zero-order valence-electron chi connectivity index (χ0n) is 14.2. The van der Waals surface area contributed by atoms with E-state index in [0.717, 1.165) is 4.47 Å². The van der Waals surface area contributed by atoms with Crippen molar-refractivity contribution in [3.05, 3.63) is 68.7 Å². The van der Waals surface area contributed by atoms with Crippen molar-refractivity contribution in [2.45, 2.75) is 26.0 Å². The third-order valence-electron chi connectivity index (χ3n) is 3.97. The molecule has 0 aromatic heterocycles. The summed E-state index contributed by atoms with van der Waals surface area (Å²) in [6, 6.07) is 13.2. The number of carbonyl (C=O) groups excluding carboxylic acids is 1. The molecule has 0 radical (unpaired) electrons. The number of halogens is 1. The van der Waals surface area contributed by atoms with Gasteiger partial charge >= 0.3 is 0 Å². The molecule has 2 rings (SSSR count). The number of nitrogens with zero attached hydrogens (tertiary/aromatic N) is 2. The third kappa shape index (κ3) is 4.79. The van der Waals surface area contributed by atoms with Crippen molar-refractivity contribution in [3.8, 4) is 5.75 Å². The largest absolute Gasteiger partial charge is 0.481 e. The molecule has 2 aromatic rings. The van der Waals surface area contributed by atoms with E-state index in [1.807, 2.05) is 19.1 Å². The average Bonchev–Trinajstić information content (AvgIpc) is 2.61. The van der Waals surface area contributed by atoms with E-state index < -0.39 is 11.0 Å². The van der Waals surface area contributed by atoms with Crippen LogP contribution in [-0.2, 0) is 4.79 Å². The van der Waals surface area contributed by atoms with Crippen LogP contribution in [0.1, 0.15) is 25.5 Å². The van der Waals surface area contributed by atoms with Gasteiger partial charge in [-0.1, -0.05) is 28.1 Å². The summed E-state index contributed by atoms with van der Waals surface area (Å²) in [4.78, 5) is 24.6. The molecule has 0 aliphatic rings. The number of hydrogen-bond acceptors (Lipinski definition) is 4. The fraction of sp³-hybridized carbons (Fsp3) is 0.278. The highest BCUT2D eigenvalue weighted by molar-refractivity contribution is 9.10. The minimum atomic E-state index is -0.674. The van der Waals surface area contributed by atoms with Crippen LogP contribution in [0.4, 0.5) is 5.69 Å². The van der Waals surface area contributed by atoms with Crippen LogP contribution in [0.5, 0.6) is 5.75 Å². The molecule has 0 bridgehead atoms. The van der Waals surface area contributed by atoms with Crippen molar-refractivity contribution in [1.29, 1.82) is 0 Å². The van der Waals surface area contributed by atoms with Gasteiger partial charge in [0, 0.05) is 23.7 Å². The minimum absolute atomic E-state index is 0.00404. The molecule has 0 heterocycles. The Morgan fingerprint density at radius 2 is 1.84 bits per heavy atom. The highest BCUT2D eigenvalue weighted by Crippen LogP contribution is 2.24. The normalized spacial score (nSPS) is 13.0. The van der Waals surface area contributed by atoms with E-state index in [0.29, 0.717) is 11.3 Å². The lowest BCUT2D eigenvalue weighted by molar-refractivity contribution is -0.384. The third-order valence-corrected chi connectivity index (χ3v) is 4.49. The molecule has 2 atom stereocenters. The van der Waals surface area contributed by atoms with Crippen molar-refractivity contribution < 1.29 is 14.5 Å². The molecule has 132 valence electrons. The Morgan fingerprint density at radius 1 is 1.20 bits per heavy atom. The first kappa shape index (κ1) is 18.9. The van der Waals surface area contributed by atoms with Gasteiger partial charge in [0.2, 0.25) is 0 Å². The van der Waals surface area contributed by atoms with Gasteiger partial charge in [0.15, 0.2) is 6.10 Å². The number of non-ortho nitro benzene ring substituents is 1. The number of nitro benzene ring substituents is 1. The van der Waals surface area contributed by atoms with E-state index in [9.17, 15) is 14.9 Å². The lowest BCUT2D eigenvalue weighted by atomic mass is 10.1. The predicted octanol–water partition coefficient (Wildman–Crippen LogP) is 4.34. The Labute approximate surface area is 154 Å². The summed E-state index contributed by atoms with van der Waals surface area (Å²) in [5, 5.41) is 10.9. The molecule has 0 saturated heterocycles. The molecule has 0 aliphatic heterocycles. The second-order valence-electron chi connectivity index (χ2n) is 5.69. The van der Waals surface area contributed by atoms with Crippen molar-refractivity contribution in [1.82, 2.24) is 4.90 Å². The summed E-state index contributed by atoms with van der Waals surface area (Å²) in [7, 11) is 1.66. The minimum Gasteiger partial charge on any atom is -0.481 e. The summed E-state index contributed by atoms with van der Waals surface area (Å²) >= 11 is 3.35. The van der Waals surface area contributed by atoms with Crippen LogP contribution in [-0.4, -0.2) is 28.9 Å². The average molecular weight is 407 g/mol. The van der Waals surface area contributed by atoms with Crippen molar-refractivity contribution in [2.24, 2.45) is 0 Å². The first-order chi connectivity index (χ1) is 11.8. The van der Waals surface area contributed by atoms with Crippen molar-refractivity contribution in [2.75, 3.05) is 7.05 Å². The van der Waals surface area contributed by atoms with Gasteiger partial charge < -0.3 is 9.64 Å². The summed E-state index contributed by atoms with van der Waals surface area (Å²) in [6.45, 7) is 3.50. The lowest BCUT2D eigenvalue weighted by Crippen LogP contribution is -2.39. The van der Waals surface area contributed by atoms with Gasteiger partial charge in [-0.15, -0.1) is 0 Å². The fourth-order valence-corrected chi connectivity index (χ4v) is 2.63. The van der Waals surface area contributed by atoms with Crippen LogP contribution in [0.25, 0.3) is 0 Å². The van der Waals surface area contributed by atoms with Gasteiger partial charge in [-0.25, -0.2) is 0 Å². The number of amides is 1. The molecule has 2 aromatic carbocycles. The zero-order chi connectivity index (χ0) is 18.6. The predicted molar refractivity (Wildman–Crippen MR) is 98.5 cm³/mol. The van der Waals surface area contributed by atoms with E-state index in [2.05, 4.69) is 15.9 Å². The van der Waals surface area contributed by atoms with Gasteiger partial charge in [0.25, 0.3) is 11.6 Å². The topological polar surface area (TPSA) is 72.7 Å². The van der Waals surface area contributed by atoms with Crippen molar-refractivity contribution >= 4 is 27.5 Å². The second kappa shape index (κ2) is 8.11. The molecule has 0 aliphatic carbocycles. The number of ether oxygens (including phenoxy) is 1. The second-order valence-corrected chi connectivity index (χ2v) is 6.61. The maximum atomic E-state index is 12.6. The fourth-order valence-electron chi connectivity index (χ4n) is 2.37. The molecule has 7 heteroatoms.